The van der Waals surface area contributed by atoms with E-state index >= 15 is 0 Å². The number of rotatable bonds is 6. The number of carbonyl (C=O) groups excluding carboxylic acids is 1. The van der Waals surface area contributed by atoms with Crippen LogP contribution in [-0.2, 0) is 4.74 Å². The van der Waals surface area contributed by atoms with E-state index in [0.717, 1.165) is 31.3 Å². The predicted octanol–water partition coefficient (Wildman–Crippen LogP) is 4.13. The van der Waals surface area contributed by atoms with Crippen molar-refractivity contribution >= 4 is 28.5 Å². The maximum atomic E-state index is 12.9. The largest absolute Gasteiger partial charge is 0.493 e. The van der Waals surface area contributed by atoms with Gasteiger partial charge in [0.25, 0.3) is 5.91 Å². The first-order chi connectivity index (χ1) is 11.6. The number of hydrogen-bond acceptors (Lipinski definition) is 4. The van der Waals surface area contributed by atoms with Crippen molar-refractivity contribution in [3.63, 3.8) is 0 Å². The number of hydrogen-bond donors (Lipinski definition) is 0. The number of amides is 1. The lowest BCUT2D eigenvalue weighted by molar-refractivity contribution is 0.0504. The molecule has 1 fully saturated rings. The van der Waals surface area contributed by atoms with Crippen LogP contribution in [0, 0.1) is 0 Å². The topological polar surface area (TPSA) is 51.9 Å². The first-order valence-electron chi connectivity index (χ1n) is 8.30. The average molecular weight is 352 g/mol. The van der Waals surface area contributed by atoms with Crippen molar-refractivity contribution in [2.75, 3.05) is 26.8 Å². The maximum absolute atomic E-state index is 12.9. The molecule has 6 heteroatoms. The van der Waals surface area contributed by atoms with Gasteiger partial charge in [-0.15, -0.1) is 0 Å². The summed E-state index contributed by atoms with van der Waals surface area (Å²) in [5.74, 6) is 0.705. The predicted molar refractivity (Wildman–Crippen MR) is 92.9 cm³/mol. The number of fused-ring (bicyclic) bond motifs is 1. The van der Waals surface area contributed by atoms with Gasteiger partial charge in [-0.1, -0.05) is 18.5 Å². The van der Waals surface area contributed by atoms with E-state index in [0.29, 0.717) is 35.2 Å². The fourth-order valence-electron chi connectivity index (χ4n) is 3.08. The molecule has 2 heterocycles. The Morgan fingerprint density at radius 2 is 2.25 bits per heavy atom. The van der Waals surface area contributed by atoms with E-state index in [1.165, 1.54) is 0 Å². The van der Waals surface area contributed by atoms with Crippen molar-refractivity contribution in [3.05, 3.63) is 29.0 Å². The molecule has 1 aromatic heterocycles. The van der Waals surface area contributed by atoms with Gasteiger partial charge in [0.2, 0.25) is 0 Å². The molecule has 1 aliphatic rings. The molecule has 0 unspecified atom stereocenters. The number of ether oxygens (including phenoxy) is 2. The molecule has 5 nitrogen and oxygen atoms in total. The summed E-state index contributed by atoms with van der Waals surface area (Å²) in [6.07, 6.45) is 3.05. The first kappa shape index (κ1) is 17.1. The van der Waals surface area contributed by atoms with E-state index in [1.807, 2.05) is 4.90 Å². The van der Waals surface area contributed by atoms with Gasteiger partial charge in [-0.2, -0.15) is 0 Å². The molecule has 1 aromatic carbocycles. The number of halogens is 1. The Morgan fingerprint density at radius 1 is 1.42 bits per heavy atom. The van der Waals surface area contributed by atoms with Crippen LogP contribution in [0.5, 0.6) is 5.75 Å². The number of methoxy groups -OCH3 is 1. The molecule has 3 rings (SSSR count). The summed E-state index contributed by atoms with van der Waals surface area (Å²) in [6, 6.07) is 5.17. The first-order valence-corrected chi connectivity index (χ1v) is 8.68. The quantitative estimate of drug-likeness (QED) is 0.785. The lowest BCUT2D eigenvalue weighted by Crippen LogP contribution is -2.37. The molecule has 0 aliphatic carbocycles. The summed E-state index contributed by atoms with van der Waals surface area (Å²) in [7, 11) is 1.55. The van der Waals surface area contributed by atoms with Crippen LogP contribution in [0.4, 0.5) is 0 Å². The minimum absolute atomic E-state index is 0.119. The second kappa shape index (κ2) is 7.45. The molecule has 0 N–H and O–H groups in total. The average Bonchev–Trinajstić information content (AvgIpc) is 3.22. The Morgan fingerprint density at radius 3 is 2.92 bits per heavy atom. The third-order valence-electron chi connectivity index (χ3n) is 4.21. The number of furan rings is 1. The number of nitrogens with zero attached hydrogens (tertiary/aromatic N) is 1. The molecule has 1 aliphatic heterocycles. The maximum Gasteiger partial charge on any atom is 0.289 e. The van der Waals surface area contributed by atoms with Gasteiger partial charge in [0, 0.05) is 36.2 Å². The molecule has 0 bridgehead atoms. The Kier molecular flexibility index (Phi) is 5.31. The molecule has 24 heavy (non-hydrogen) atoms. The highest BCUT2D eigenvalue weighted by Crippen LogP contribution is 2.32. The lowest BCUT2D eigenvalue weighted by atomic mass is 10.2. The highest BCUT2D eigenvalue weighted by Gasteiger charge is 2.25. The minimum atomic E-state index is -0.123. The van der Waals surface area contributed by atoms with Crippen molar-refractivity contribution in [2.24, 2.45) is 0 Å². The Labute approximate surface area is 146 Å². The molecule has 2 aromatic rings. The fraction of sp³-hybridized carbons (Fsp3) is 0.500. The van der Waals surface area contributed by atoms with E-state index in [4.69, 9.17) is 25.5 Å². The summed E-state index contributed by atoms with van der Waals surface area (Å²) in [5, 5.41) is 1.31. The molecular formula is C18H22ClNO4. The zero-order valence-electron chi connectivity index (χ0n) is 14.0. The van der Waals surface area contributed by atoms with Gasteiger partial charge in [0.15, 0.2) is 17.1 Å². The highest BCUT2D eigenvalue weighted by molar-refractivity contribution is 6.31. The normalized spacial score (nSPS) is 17.4. The van der Waals surface area contributed by atoms with Crippen molar-refractivity contribution in [1.82, 2.24) is 4.90 Å². The molecule has 1 atom stereocenters. The van der Waals surface area contributed by atoms with E-state index in [9.17, 15) is 4.79 Å². The SMILES string of the molecule is CCCN(C[C@H]1CCCO1)C(=O)c1cc2cc(Cl)cc(OC)c2o1. The summed E-state index contributed by atoms with van der Waals surface area (Å²) in [5.41, 5.74) is 0.541. The zero-order chi connectivity index (χ0) is 17.1. The summed E-state index contributed by atoms with van der Waals surface area (Å²) >= 11 is 6.08. The zero-order valence-corrected chi connectivity index (χ0v) is 14.8. The molecule has 1 saturated heterocycles. The van der Waals surface area contributed by atoms with Gasteiger partial charge in [-0.05, 0) is 31.4 Å². The smallest absolute Gasteiger partial charge is 0.289 e. The molecule has 0 saturated carbocycles. The standard InChI is InChI=1S/C18H22ClNO4/c1-3-6-20(11-14-5-4-7-23-14)18(21)16-9-12-8-13(19)10-15(22-2)17(12)24-16/h8-10,14H,3-7,11H2,1-2H3/t14-/m1/s1. The molecule has 130 valence electrons. The van der Waals surface area contributed by atoms with Gasteiger partial charge in [-0.3, -0.25) is 4.79 Å². The Balaban J connectivity index is 1.87. The number of carbonyl (C=O) groups is 1. The molecule has 0 spiro atoms. The van der Waals surface area contributed by atoms with Crippen LogP contribution < -0.4 is 4.74 Å². The van der Waals surface area contributed by atoms with Crippen LogP contribution in [0.15, 0.2) is 22.6 Å². The van der Waals surface area contributed by atoms with Crippen LogP contribution >= 0.6 is 11.6 Å². The van der Waals surface area contributed by atoms with Crippen LogP contribution in [0.3, 0.4) is 0 Å². The monoisotopic (exact) mass is 351 g/mol. The summed E-state index contributed by atoms with van der Waals surface area (Å²) < 4.78 is 16.7. The van der Waals surface area contributed by atoms with Crippen molar-refractivity contribution in [2.45, 2.75) is 32.3 Å². The van der Waals surface area contributed by atoms with E-state index in [2.05, 4.69) is 6.92 Å². The second-order valence-electron chi connectivity index (χ2n) is 6.02. The van der Waals surface area contributed by atoms with Crippen molar-refractivity contribution in [1.29, 1.82) is 0 Å². The molecular weight excluding hydrogens is 330 g/mol. The lowest BCUT2D eigenvalue weighted by Gasteiger charge is -2.24. The van der Waals surface area contributed by atoms with Crippen molar-refractivity contribution in [3.8, 4) is 5.75 Å². The third-order valence-corrected chi connectivity index (χ3v) is 4.42. The van der Waals surface area contributed by atoms with E-state index in [1.54, 1.807) is 25.3 Å². The van der Waals surface area contributed by atoms with Crippen molar-refractivity contribution < 1.29 is 18.7 Å². The summed E-state index contributed by atoms with van der Waals surface area (Å²) in [6.45, 7) is 4.10. The summed E-state index contributed by atoms with van der Waals surface area (Å²) in [4.78, 5) is 14.7. The Bertz CT molecular complexity index is 721. The van der Waals surface area contributed by atoms with Crippen LogP contribution in [-0.4, -0.2) is 43.7 Å². The van der Waals surface area contributed by atoms with E-state index in [-0.39, 0.29) is 12.0 Å². The molecule has 1 amide bonds. The highest BCUT2D eigenvalue weighted by atomic mass is 35.5. The Hall–Kier alpha value is -1.72. The fourth-order valence-corrected chi connectivity index (χ4v) is 3.30. The van der Waals surface area contributed by atoms with Gasteiger partial charge >= 0.3 is 0 Å². The van der Waals surface area contributed by atoms with Gasteiger partial charge in [0.1, 0.15) is 0 Å². The number of benzene rings is 1. The van der Waals surface area contributed by atoms with Crippen LogP contribution in [0.2, 0.25) is 5.02 Å². The third kappa shape index (κ3) is 3.52. The molecule has 0 radical (unpaired) electrons. The van der Waals surface area contributed by atoms with Gasteiger partial charge in [-0.25, -0.2) is 0 Å². The van der Waals surface area contributed by atoms with Gasteiger partial charge in [0.05, 0.1) is 13.2 Å². The van der Waals surface area contributed by atoms with Crippen LogP contribution in [0.25, 0.3) is 11.0 Å². The minimum Gasteiger partial charge on any atom is -0.493 e. The second-order valence-corrected chi connectivity index (χ2v) is 6.46. The van der Waals surface area contributed by atoms with Gasteiger partial charge < -0.3 is 18.8 Å². The van der Waals surface area contributed by atoms with E-state index < -0.39 is 0 Å². The van der Waals surface area contributed by atoms with Crippen LogP contribution in [0.1, 0.15) is 36.7 Å².